The smallest absolute Gasteiger partial charge is 0.274 e. The van der Waals surface area contributed by atoms with Gasteiger partial charge < -0.3 is 20.8 Å². The number of anilines is 2. The third-order valence-corrected chi connectivity index (χ3v) is 4.72. The number of benzene rings is 2. The molecule has 144 valence electrons. The summed E-state index contributed by atoms with van der Waals surface area (Å²) < 4.78 is 0. The van der Waals surface area contributed by atoms with Crippen LogP contribution in [0.15, 0.2) is 54.7 Å². The molecule has 0 aliphatic rings. The van der Waals surface area contributed by atoms with E-state index in [2.05, 4.69) is 15.6 Å². The van der Waals surface area contributed by atoms with E-state index in [4.69, 9.17) is 10.2 Å². The van der Waals surface area contributed by atoms with Gasteiger partial charge in [-0.2, -0.15) is 0 Å². The van der Waals surface area contributed by atoms with Crippen molar-refractivity contribution >= 4 is 17.3 Å². The second-order valence-corrected chi connectivity index (χ2v) is 6.46. The molecular formula is C22H23N3O3. The maximum absolute atomic E-state index is 12.5. The van der Waals surface area contributed by atoms with Gasteiger partial charge in [0.1, 0.15) is 12.4 Å². The van der Waals surface area contributed by atoms with E-state index in [1.807, 2.05) is 50.2 Å². The molecule has 0 saturated carbocycles. The molecule has 0 atom stereocenters. The highest BCUT2D eigenvalue weighted by atomic mass is 16.3. The lowest BCUT2D eigenvalue weighted by Gasteiger charge is -2.16. The Bertz CT molecular complexity index is 985. The first kappa shape index (κ1) is 19.5. The van der Waals surface area contributed by atoms with Gasteiger partial charge in [-0.05, 0) is 59.9 Å². The number of carbonyl (C=O) groups excluding carboxylic acids is 1. The highest BCUT2D eigenvalue weighted by Crippen LogP contribution is 2.33. The molecule has 6 heteroatoms. The monoisotopic (exact) mass is 377 g/mol. The molecule has 28 heavy (non-hydrogen) atoms. The van der Waals surface area contributed by atoms with E-state index in [9.17, 15) is 4.79 Å². The van der Waals surface area contributed by atoms with Gasteiger partial charge in [0.15, 0.2) is 0 Å². The first-order valence-corrected chi connectivity index (χ1v) is 8.96. The van der Waals surface area contributed by atoms with Crippen LogP contribution < -0.4 is 10.6 Å². The van der Waals surface area contributed by atoms with Gasteiger partial charge in [-0.1, -0.05) is 30.3 Å². The molecule has 4 N–H and O–H groups in total. The fourth-order valence-corrected chi connectivity index (χ4v) is 3.11. The van der Waals surface area contributed by atoms with Crippen molar-refractivity contribution in [3.8, 4) is 11.1 Å². The largest absolute Gasteiger partial charge is 0.392 e. The molecular weight excluding hydrogens is 354 g/mol. The maximum atomic E-state index is 12.5. The van der Waals surface area contributed by atoms with E-state index in [1.165, 1.54) is 6.20 Å². The molecule has 0 aliphatic carbocycles. The minimum atomic E-state index is -0.308. The van der Waals surface area contributed by atoms with Gasteiger partial charge in [0.25, 0.3) is 5.91 Å². The zero-order valence-corrected chi connectivity index (χ0v) is 15.9. The third-order valence-electron chi connectivity index (χ3n) is 4.72. The van der Waals surface area contributed by atoms with Crippen LogP contribution in [0.4, 0.5) is 11.4 Å². The molecule has 0 saturated heterocycles. The van der Waals surface area contributed by atoms with Crippen LogP contribution in [0.1, 0.15) is 27.2 Å². The summed E-state index contributed by atoms with van der Waals surface area (Å²) in [4.78, 5) is 16.6. The molecule has 0 unspecified atom stereocenters. The third kappa shape index (κ3) is 4.03. The molecule has 1 amide bonds. The highest BCUT2D eigenvalue weighted by molar-refractivity contribution is 6.03. The highest BCUT2D eigenvalue weighted by Gasteiger charge is 2.13. The fraction of sp³-hybridized carbons (Fsp3) is 0.182. The standard InChI is InChI=1S/C22H23N3O3/c1-14-17(5-3-7-19(14)24-13-27)18-6-4-8-20(15(18)2)25-22(28)21-10-9-16(12-26)11-23-21/h3-11,24,26-27H,12-13H2,1-2H3,(H,25,28). The zero-order valence-electron chi connectivity index (χ0n) is 15.9. The number of aromatic nitrogens is 1. The zero-order chi connectivity index (χ0) is 20.1. The number of aliphatic hydroxyl groups is 2. The van der Waals surface area contributed by atoms with Crippen LogP contribution in [0.2, 0.25) is 0 Å². The van der Waals surface area contributed by atoms with Gasteiger partial charge in [-0.15, -0.1) is 0 Å². The molecule has 1 aromatic heterocycles. The Labute approximate surface area is 163 Å². The summed E-state index contributed by atoms with van der Waals surface area (Å²) in [6.45, 7) is 3.70. The van der Waals surface area contributed by atoms with Crippen LogP contribution in [-0.2, 0) is 6.61 Å². The summed E-state index contributed by atoms with van der Waals surface area (Å²) in [5.41, 5.74) is 6.49. The maximum Gasteiger partial charge on any atom is 0.274 e. The Hall–Kier alpha value is -3.22. The van der Waals surface area contributed by atoms with E-state index < -0.39 is 0 Å². The predicted octanol–water partition coefficient (Wildman–Crippen LogP) is 3.47. The van der Waals surface area contributed by atoms with E-state index in [0.717, 1.165) is 27.9 Å². The minimum Gasteiger partial charge on any atom is -0.392 e. The van der Waals surface area contributed by atoms with Crippen molar-refractivity contribution in [3.63, 3.8) is 0 Å². The van der Waals surface area contributed by atoms with Crippen LogP contribution in [0.25, 0.3) is 11.1 Å². The lowest BCUT2D eigenvalue weighted by molar-refractivity contribution is 0.102. The van der Waals surface area contributed by atoms with Crippen molar-refractivity contribution in [3.05, 3.63) is 77.1 Å². The van der Waals surface area contributed by atoms with Gasteiger partial charge in [0.2, 0.25) is 0 Å². The molecule has 6 nitrogen and oxygen atoms in total. The molecule has 2 aromatic carbocycles. The van der Waals surface area contributed by atoms with Gasteiger partial charge in [0, 0.05) is 17.6 Å². The fourth-order valence-electron chi connectivity index (χ4n) is 3.11. The molecule has 0 spiro atoms. The van der Waals surface area contributed by atoms with Gasteiger partial charge in [-0.25, -0.2) is 0 Å². The van der Waals surface area contributed by atoms with Crippen LogP contribution in [0, 0.1) is 13.8 Å². The van der Waals surface area contributed by atoms with Crippen molar-refractivity contribution in [2.75, 3.05) is 17.4 Å². The van der Waals surface area contributed by atoms with Crippen LogP contribution in [-0.4, -0.2) is 27.8 Å². The number of nitrogens with zero attached hydrogens (tertiary/aromatic N) is 1. The summed E-state index contributed by atoms with van der Waals surface area (Å²) in [6.07, 6.45) is 1.49. The quantitative estimate of drug-likeness (QED) is 0.494. The van der Waals surface area contributed by atoms with Gasteiger partial charge in [0.05, 0.1) is 6.61 Å². The summed E-state index contributed by atoms with van der Waals surface area (Å²) >= 11 is 0. The lowest BCUT2D eigenvalue weighted by Crippen LogP contribution is -2.14. The predicted molar refractivity (Wildman–Crippen MR) is 110 cm³/mol. The summed E-state index contributed by atoms with van der Waals surface area (Å²) in [6, 6.07) is 14.9. The molecule has 0 aliphatic heterocycles. The van der Waals surface area contributed by atoms with Crippen molar-refractivity contribution in [2.45, 2.75) is 20.5 Å². The Balaban J connectivity index is 1.91. The average Bonchev–Trinajstić information content (AvgIpc) is 2.71. The van der Waals surface area contributed by atoms with E-state index in [1.54, 1.807) is 12.1 Å². The number of amides is 1. The van der Waals surface area contributed by atoms with Crippen LogP contribution in [0.3, 0.4) is 0 Å². The van der Waals surface area contributed by atoms with E-state index in [0.29, 0.717) is 11.3 Å². The average molecular weight is 377 g/mol. The molecule has 0 fully saturated rings. The van der Waals surface area contributed by atoms with Crippen LogP contribution >= 0.6 is 0 Å². The number of nitrogens with one attached hydrogen (secondary N) is 2. The molecule has 0 radical (unpaired) electrons. The lowest BCUT2D eigenvalue weighted by atomic mass is 9.94. The minimum absolute atomic E-state index is 0.112. The Morgan fingerprint density at radius 3 is 2.14 bits per heavy atom. The Kier molecular flexibility index (Phi) is 6.03. The van der Waals surface area contributed by atoms with Crippen molar-refractivity contribution in [2.24, 2.45) is 0 Å². The summed E-state index contributed by atoms with van der Waals surface area (Å²) in [5.74, 6) is -0.308. The van der Waals surface area contributed by atoms with Crippen LogP contribution in [0.5, 0.6) is 0 Å². The Morgan fingerprint density at radius 2 is 1.57 bits per heavy atom. The Morgan fingerprint density at radius 1 is 0.929 bits per heavy atom. The van der Waals surface area contributed by atoms with Gasteiger partial charge >= 0.3 is 0 Å². The second kappa shape index (κ2) is 8.65. The SMILES string of the molecule is Cc1c(NCO)cccc1-c1cccc(NC(=O)c2ccc(CO)cn2)c1C. The summed E-state index contributed by atoms with van der Waals surface area (Å²) in [5, 5.41) is 24.1. The number of rotatable bonds is 6. The molecule has 1 heterocycles. The molecule has 3 aromatic rings. The van der Waals surface area contributed by atoms with Crippen molar-refractivity contribution < 1.29 is 15.0 Å². The second-order valence-electron chi connectivity index (χ2n) is 6.46. The number of hydrogen-bond acceptors (Lipinski definition) is 5. The number of hydrogen-bond donors (Lipinski definition) is 4. The number of pyridine rings is 1. The first-order valence-electron chi connectivity index (χ1n) is 8.96. The normalized spacial score (nSPS) is 10.6. The topological polar surface area (TPSA) is 94.5 Å². The number of aliphatic hydroxyl groups excluding tert-OH is 2. The molecule has 3 rings (SSSR count). The molecule has 0 bridgehead atoms. The van der Waals surface area contributed by atoms with E-state index >= 15 is 0 Å². The van der Waals surface area contributed by atoms with Crippen molar-refractivity contribution in [1.82, 2.24) is 4.98 Å². The first-order chi connectivity index (χ1) is 13.5. The van der Waals surface area contributed by atoms with Gasteiger partial charge in [-0.3, -0.25) is 9.78 Å². The summed E-state index contributed by atoms with van der Waals surface area (Å²) in [7, 11) is 0. The van der Waals surface area contributed by atoms with E-state index in [-0.39, 0.29) is 24.9 Å². The van der Waals surface area contributed by atoms with Crippen molar-refractivity contribution in [1.29, 1.82) is 0 Å². The number of carbonyl (C=O) groups is 1.